The van der Waals surface area contributed by atoms with Gasteiger partial charge in [0.15, 0.2) is 0 Å². The first-order valence-corrected chi connectivity index (χ1v) is 10.3. The Kier molecular flexibility index (Phi) is 4.59. The van der Waals surface area contributed by atoms with Crippen molar-refractivity contribution in [3.05, 3.63) is 24.0 Å². The summed E-state index contributed by atoms with van der Waals surface area (Å²) in [5, 5.41) is 15.0. The first-order valence-electron chi connectivity index (χ1n) is 10.3. The van der Waals surface area contributed by atoms with Gasteiger partial charge in [0.25, 0.3) is 0 Å². The molecule has 8 nitrogen and oxygen atoms in total. The lowest BCUT2D eigenvalue weighted by atomic mass is 9.58. The first-order chi connectivity index (χ1) is 13.2. The van der Waals surface area contributed by atoms with E-state index in [0.717, 1.165) is 18.7 Å². The zero-order valence-electron chi connectivity index (χ0n) is 15.5. The molecule has 1 amide bonds. The molecule has 8 heteroatoms. The van der Waals surface area contributed by atoms with E-state index in [0.29, 0.717) is 30.5 Å². The molecule has 2 aliphatic carbocycles. The number of hydrogen-bond donors (Lipinski definition) is 5. The van der Waals surface area contributed by atoms with E-state index >= 15 is 0 Å². The van der Waals surface area contributed by atoms with Gasteiger partial charge >= 0.3 is 0 Å². The molecule has 2 saturated heterocycles. The first kappa shape index (κ1) is 17.5. The topological polar surface area (TPSA) is 117 Å². The van der Waals surface area contributed by atoms with Crippen molar-refractivity contribution in [3.63, 3.8) is 0 Å². The maximum absolute atomic E-state index is 12.8. The molecular weight excluding hydrogens is 342 g/mol. The van der Waals surface area contributed by atoms with Gasteiger partial charge in [-0.2, -0.15) is 10.2 Å². The van der Waals surface area contributed by atoms with Crippen LogP contribution in [0, 0.1) is 23.7 Å². The highest BCUT2D eigenvalue weighted by Gasteiger charge is 2.53. The molecule has 0 bridgehead atoms. The molecule has 6 N–H and O–H groups in total. The molecule has 0 aromatic carbocycles. The van der Waals surface area contributed by atoms with Crippen molar-refractivity contribution >= 4 is 5.91 Å². The van der Waals surface area contributed by atoms with Crippen LogP contribution in [0.1, 0.15) is 37.3 Å². The summed E-state index contributed by atoms with van der Waals surface area (Å²) in [4.78, 5) is 12.8. The van der Waals surface area contributed by atoms with E-state index in [4.69, 9.17) is 5.73 Å². The second-order valence-corrected chi connectivity index (χ2v) is 8.60. The van der Waals surface area contributed by atoms with E-state index in [9.17, 15) is 4.79 Å². The van der Waals surface area contributed by atoms with Gasteiger partial charge in [-0.1, -0.05) is 6.42 Å². The molecule has 8 unspecified atom stereocenters. The zero-order chi connectivity index (χ0) is 18.4. The lowest BCUT2D eigenvalue weighted by Crippen LogP contribution is -2.67. The summed E-state index contributed by atoms with van der Waals surface area (Å²) < 4.78 is 0. The molecule has 2 aliphatic heterocycles. The Morgan fingerprint density at radius 3 is 2.96 bits per heavy atom. The summed E-state index contributed by atoms with van der Waals surface area (Å²) in [5.74, 6) is 1.48. The molecule has 27 heavy (non-hydrogen) atoms. The van der Waals surface area contributed by atoms with Crippen molar-refractivity contribution in [1.29, 1.82) is 0 Å². The summed E-state index contributed by atoms with van der Waals surface area (Å²) in [5.41, 5.74) is 14.6. The van der Waals surface area contributed by atoms with Gasteiger partial charge in [0, 0.05) is 36.8 Å². The van der Waals surface area contributed by atoms with Gasteiger partial charge in [-0.3, -0.25) is 21.0 Å². The van der Waals surface area contributed by atoms with Crippen LogP contribution in [0.25, 0.3) is 0 Å². The van der Waals surface area contributed by atoms with Gasteiger partial charge in [0.05, 0.1) is 18.3 Å². The number of fused-ring (bicyclic) bond motifs is 2. The number of hydrogen-bond acceptors (Lipinski definition) is 7. The normalized spacial score (nSPS) is 44.3. The third kappa shape index (κ3) is 2.95. The van der Waals surface area contributed by atoms with Crippen LogP contribution < -0.4 is 27.2 Å². The van der Waals surface area contributed by atoms with E-state index in [1.54, 1.807) is 6.20 Å². The fourth-order valence-corrected chi connectivity index (χ4v) is 6.22. The van der Waals surface area contributed by atoms with Crippen LogP contribution in [-0.2, 0) is 4.79 Å². The molecule has 146 valence electrons. The Labute approximate surface area is 159 Å². The van der Waals surface area contributed by atoms with Gasteiger partial charge in [-0.25, -0.2) is 0 Å². The van der Waals surface area contributed by atoms with Crippen molar-refractivity contribution in [2.45, 2.75) is 49.7 Å². The Morgan fingerprint density at radius 1 is 1.19 bits per heavy atom. The molecule has 0 radical (unpaired) electrons. The SMILES string of the molecule is NC1C(C2CCCC3NNCC32)CC(c2cccnn2)C2NCNC(=O)C12. The van der Waals surface area contributed by atoms with Gasteiger partial charge in [-0.05, 0) is 49.1 Å². The molecule has 4 fully saturated rings. The lowest BCUT2D eigenvalue weighted by molar-refractivity contribution is -0.132. The average Bonchev–Trinajstić information content (AvgIpc) is 3.18. The maximum atomic E-state index is 12.8. The monoisotopic (exact) mass is 371 g/mol. The maximum Gasteiger partial charge on any atom is 0.227 e. The minimum atomic E-state index is -0.216. The van der Waals surface area contributed by atoms with Crippen molar-refractivity contribution in [3.8, 4) is 0 Å². The number of nitrogens with zero attached hydrogens (tertiary/aromatic N) is 2. The highest BCUT2D eigenvalue weighted by Crippen LogP contribution is 2.47. The summed E-state index contributed by atoms with van der Waals surface area (Å²) in [7, 11) is 0. The van der Waals surface area contributed by atoms with Crippen LogP contribution in [0.4, 0.5) is 0 Å². The Balaban J connectivity index is 1.49. The number of carbonyl (C=O) groups excluding carboxylic acids is 1. The average molecular weight is 371 g/mol. The van der Waals surface area contributed by atoms with Crippen molar-refractivity contribution < 1.29 is 4.79 Å². The van der Waals surface area contributed by atoms with Crippen LogP contribution in [0.5, 0.6) is 0 Å². The van der Waals surface area contributed by atoms with E-state index in [1.165, 1.54) is 19.3 Å². The molecule has 1 aromatic rings. The number of amides is 1. The Morgan fingerprint density at radius 2 is 2.11 bits per heavy atom. The van der Waals surface area contributed by atoms with Crippen LogP contribution in [0.15, 0.2) is 18.3 Å². The van der Waals surface area contributed by atoms with Crippen molar-refractivity contribution in [2.24, 2.45) is 29.4 Å². The lowest BCUT2D eigenvalue weighted by Gasteiger charge is -2.51. The van der Waals surface area contributed by atoms with Crippen molar-refractivity contribution in [2.75, 3.05) is 13.2 Å². The summed E-state index contributed by atoms with van der Waals surface area (Å²) in [6.45, 7) is 1.49. The second kappa shape index (κ2) is 7.09. The van der Waals surface area contributed by atoms with Crippen LogP contribution >= 0.6 is 0 Å². The Bertz CT molecular complexity index is 686. The van der Waals surface area contributed by atoms with Crippen molar-refractivity contribution in [1.82, 2.24) is 31.7 Å². The second-order valence-electron chi connectivity index (χ2n) is 8.60. The molecule has 8 atom stereocenters. The van der Waals surface area contributed by atoms with Crippen LogP contribution in [0.2, 0.25) is 0 Å². The van der Waals surface area contributed by atoms with Gasteiger partial charge in [0.2, 0.25) is 5.91 Å². The highest BCUT2D eigenvalue weighted by molar-refractivity contribution is 5.81. The molecule has 0 spiro atoms. The zero-order valence-corrected chi connectivity index (χ0v) is 15.5. The van der Waals surface area contributed by atoms with Crippen LogP contribution in [0.3, 0.4) is 0 Å². The van der Waals surface area contributed by atoms with E-state index < -0.39 is 0 Å². The number of nitrogens with one attached hydrogen (secondary N) is 4. The fraction of sp³-hybridized carbons (Fsp3) is 0.737. The molecule has 2 saturated carbocycles. The van der Waals surface area contributed by atoms with Crippen LogP contribution in [-0.4, -0.2) is 47.4 Å². The number of carbonyl (C=O) groups is 1. The predicted octanol–water partition coefficient (Wildman–Crippen LogP) is -0.538. The third-order valence-electron chi connectivity index (χ3n) is 7.43. The fourth-order valence-electron chi connectivity index (χ4n) is 6.22. The number of hydrazine groups is 1. The summed E-state index contributed by atoms with van der Waals surface area (Å²) in [6.07, 6.45) is 6.31. The van der Waals surface area contributed by atoms with E-state index in [-0.39, 0.29) is 29.8 Å². The molecule has 5 rings (SSSR count). The molecule has 4 aliphatic rings. The number of nitrogens with two attached hydrogens (primary N) is 1. The minimum absolute atomic E-state index is 0.0286. The van der Waals surface area contributed by atoms with Gasteiger partial charge in [-0.15, -0.1) is 0 Å². The predicted molar refractivity (Wildman–Crippen MR) is 100 cm³/mol. The third-order valence-corrected chi connectivity index (χ3v) is 7.43. The quantitative estimate of drug-likeness (QED) is 0.474. The number of aromatic nitrogens is 2. The van der Waals surface area contributed by atoms with Gasteiger partial charge in [0.1, 0.15) is 0 Å². The molecule has 3 heterocycles. The van der Waals surface area contributed by atoms with E-state index in [2.05, 4.69) is 31.7 Å². The van der Waals surface area contributed by atoms with Gasteiger partial charge < -0.3 is 11.1 Å². The van der Waals surface area contributed by atoms with E-state index in [1.807, 2.05) is 12.1 Å². The summed E-state index contributed by atoms with van der Waals surface area (Å²) in [6, 6.07) is 4.41. The minimum Gasteiger partial charge on any atom is -0.343 e. The summed E-state index contributed by atoms with van der Waals surface area (Å²) >= 11 is 0. The Hall–Kier alpha value is -1.61. The highest BCUT2D eigenvalue weighted by atomic mass is 16.2. The number of rotatable bonds is 2. The molecule has 1 aromatic heterocycles. The largest absolute Gasteiger partial charge is 0.343 e. The molecular formula is C19H29N7O. The smallest absolute Gasteiger partial charge is 0.227 e. The standard InChI is InChI=1S/C19H29N7O/c20-17-11(10-3-1-4-15-13(10)8-24-26-15)7-12(14-5-2-6-23-25-14)18-16(17)19(27)22-9-21-18/h2,5-6,10-13,15-18,21,24,26H,1,3-4,7-9,20H2,(H,22,27).